The van der Waals surface area contributed by atoms with Crippen LogP contribution >= 0.6 is 0 Å². The average Bonchev–Trinajstić information content (AvgIpc) is 2.79. The molecule has 72 valence electrons. The third-order valence-electron chi connectivity index (χ3n) is 2.44. The van der Waals surface area contributed by atoms with Gasteiger partial charge in [0.1, 0.15) is 0 Å². The van der Waals surface area contributed by atoms with E-state index < -0.39 is 0 Å². The van der Waals surface area contributed by atoms with Crippen LogP contribution < -0.4 is 11.1 Å². The van der Waals surface area contributed by atoms with E-state index in [2.05, 4.69) is 12.2 Å². The zero-order chi connectivity index (χ0) is 8.81. The minimum atomic E-state index is 0.371. The zero-order valence-corrected chi connectivity index (χ0v) is 8.18. The molecule has 1 unspecified atom stereocenters. The maximum atomic E-state index is 5.64. The summed E-state index contributed by atoms with van der Waals surface area (Å²) in [6.45, 7) is 4.43. The molecule has 1 aliphatic carbocycles. The van der Waals surface area contributed by atoms with Crippen molar-refractivity contribution in [3.63, 3.8) is 0 Å². The fourth-order valence-electron chi connectivity index (χ4n) is 1.39. The highest BCUT2D eigenvalue weighted by molar-refractivity contribution is 4.73. The highest BCUT2D eigenvalue weighted by Gasteiger charge is 2.19. The summed E-state index contributed by atoms with van der Waals surface area (Å²) in [4.78, 5) is 0. The number of rotatable bonds is 7. The SMILES string of the molecule is CC(N)CCCNCCC1CC1. The van der Waals surface area contributed by atoms with Gasteiger partial charge in [0.15, 0.2) is 0 Å². The van der Waals surface area contributed by atoms with Crippen molar-refractivity contribution in [3.8, 4) is 0 Å². The highest BCUT2D eigenvalue weighted by Crippen LogP contribution is 2.31. The number of nitrogens with two attached hydrogens (primary N) is 1. The van der Waals surface area contributed by atoms with Gasteiger partial charge in [-0.05, 0) is 45.2 Å². The zero-order valence-electron chi connectivity index (χ0n) is 8.18. The number of hydrogen-bond acceptors (Lipinski definition) is 2. The standard InChI is InChI=1S/C10H22N2/c1-9(11)3-2-7-12-8-6-10-4-5-10/h9-10,12H,2-8,11H2,1H3. The Bertz CT molecular complexity index is 102. The van der Waals surface area contributed by atoms with Gasteiger partial charge < -0.3 is 11.1 Å². The molecule has 0 aromatic heterocycles. The van der Waals surface area contributed by atoms with E-state index >= 15 is 0 Å². The highest BCUT2D eigenvalue weighted by atomic mass is 14.8. The van der Waals surface area contributed by atoms with Crippen LogP contribution in [0.15, 0.2) is 0 Å². The first-order chi connectivity index (χ1) is 5.79. The molecule has 0 radical (unpaired) electrons. The van der Waals surface area contributed by atoms with Gasteiger partial charge in [0, 0.05) is 6.04 Å². The molecule has 1 saturated carbocycles. The normalized spacial score (nSPS) is 19.5. The Hall–Kier alpha value is -0.0800. The van der Waals surface area contributed by atoms with Crippen LogP contribution in [0.25, 0.3) is 0 Å². The van der Waals surface area contributed by atoms with Crippen molar-refractivity contribution in [2.24, 2.45) is 11.7 Å². The van der Waals surface area contributed by atoms with Crippen molar-refractivity contribution < 1.29 is 0 Å². The van der Waals surface area contributed by atoms with Gasteiger partial charge in [-0.15, -0.1) is 0 Å². The van der Waals surface area contributed by atoms with Gasteiger partial charge in [-0.1, -0.05) is 12.8 Å². The van der Waals surface area contributed by atoms with Crippen molar-refractivity contribution in [2.45, 2.75) is 45.1 Å². The van der Waals surface area contributed by atoms with Crippen LogP contribution in [-0.2, 0) is 0 Å². The molecule has 0 spiro atoms. The molecule has 0 aromatic rings. The predicted octanol–water partition coefficient (Wildman–Crippen LogP) is 1.50. The summed E-state index contributed by atoms with van der Waals surface area (Å²) in [5.74, 6) is 1.06. The molecule has 0 aliphatic heterocycles. The van der Waals surface area contributed by atoms with Gasteiger partial charge in [-0.2, -0.15) is 0 Å². The van der Waals surface area contributed by atoms with Crippen LogP contribution in [0.3, 0.4) is 0 Å². The molecule has 0 saturated heterocycles. The fourth-order valence-corrected chi connectivity index (χ4v) is 1.39. The second kappa shape index (κ2) is 5.55. The van der Waals surface area contributed by atoms with Crippen molar-refractivity contribution >= 4 is 0 Å². The molecule has 0 bridgehead atoms. The largest absolute Gasteiger partial charge is 0.328 e. The van der Waals surface area contributed by atoms with Gasteiger partial charge in [0.25, 0.3) is 0 Å². The van der Waals surface area contributed by atoms with E-state index in [1.165, 1.54) is 32.2 Å². The third kappa shape index (κ3) is 5.56. The molecule has 0 aromatic carbocycles. The lowest BCUT2D eigenvalue weighted by Gasteiger charge is -2.05. The topological polar surface area (TPSA) is 38.0 Å². The van der Waals surface area contributed by atoms with Crippen LogP contribution in [0.2, 0.25) is 0 Å². The Morgan fingerprint density at radius 3 is 2.75 bits per heavy atom. The van der Waals surface area contributed by atoms with E-state index in [0.29, 0.717) is 6.04 Å². The first kappa shape index (κ1) is 10.0. The lowest BCUT2D eigenvalue weighted by atomic mass is 10.2. The average molecular weight is 170 g/mol. The molecule has 1 fully saturated rings. The summed E-state index contributed by atoms with van der Waals surface area (Å²) >= 11 is 0. The monoisotopic (exact) mass is 170 g/mol. The molecule has 0 heterocycles. The van der Waals surface area contributed by atoms with Crippen LogP contribution in [0.1, 0.15) is 39.0 Å². The van der Waals surface area contributed by atoms with E-state index in [1.807, 2.05) is 0 Å². The predicted molar refractivity (Wildman–Crippen MR) is 53.1 cm³/mol. The fraction of sp³-hybridized carbons (Fsp3) is 1.00. The summed E-state index contributed by atoms with van der Waals surface area (Å²) in [5.41, 5.74) is 5.64. The van der Waals surface area contributed by atoms with Crippen LogP contribution in [0, 0.1) is 5.92 Å². The maximum absolute atomic E-state index is 5.64. The quantitative estimate of drug-likeness (QED) is 0.568. The Morgan fingerprint density at radius 1 is 1.42 bits per heavy atom. The van der Waals surface area contributed by atoms with Crippen LogP contribution in [-0.4, -0.2) is 19.1 Å². The Morgan fingerprint density at radius 2 is 2.17 bits per heavy atom. The lowest BCUT2D eigenvalue weighted by Crippen LogP contribution is -2.21. The Kier molecular flexibility index (Phi) is 4.62. The number of hydrogen-bond donors (Lipinski definition) is 2. The molecule has 12 heavy (non-hydrogen) atoms. The summed E-state index contributed by atoms with van der Waals surface area (Å²) in [5, 5.41) is 3.46. The van der Waals surface area contributed by atoms with Crippen LogP contribution in [0.4, 0.5) is 0 Å². The summed E-state index contributed by atoms with van der Waals surface area (Å²) in [7, 11) is 0. The first-order valence-corrected chi connectivity index (χ1v) is 5.25. The Labute approximate surface area is 75.9 Å². The number of nitrogens with one attached hydrogen (secondary N) is 1. The van der Waals surface area contributed by atoms with Gasteiger partial charge in [0.05, 0.1) is 0 Å². The van der Waals surface area contributed by atoms with Gasteiger partial charge in [-0.25, -0.2) is 0 Å². The van der Waals surface area contributed by atoms with Gasteiger partial charge >= 0.3 is 0 Å². The van der Waals surface area contributed by atoms with Crippen molar-refractivity contribution in [3.05, 3.63) is 0 Å². The Balaban J connectivity index is 1.70. The minimum Gasteiger partial charge on any atom is -0.328 e. The lowest BCUT2D eigenvalue weighted by molar-refractivity contribution is 0.554. The van der Waals surface area contributed by atoms with Gasteiger partial charge in [0.2, 0.25) is 0 Å². The minimum absolute atomic E-state index is 0.371. The van der Waals surface area contributed by atoms with E-state index in [0.717, 1.165) is 18.9 Å². The smallest absolute Gasteiger partial charge is 0.00109 e. The molecule has 0 amide bonds. The molecule has 2 nitrogen and oxygen atoms in total. The molecular formula is C10H22N2. The van der Waals surface area contributed by atoms with Crippen molar-refractivity contribution in [1.82, 2.24) is 5.32 Å². The summed E-state index contributed by atoms with van der Waals surface area (Å²) in [6, 6.07) is 0.371. The van der Waals surface area contributed by atoms with Crippen LogP contribution in [0.5, 0.6) is 0 Å². The van der Waals surface area contributed by atoms with E-state index in [4.69, 9.17) is 5.73 Å². The molecular weight excluding hydrogens is 148 g/mol. The van der Waals surface area contributed by atoms with E-state index in [1.54, 1.807) is 0 Å². The molecule has 1 atom stereocenters. The summed E-state index contributed by atoms with van der Waals surface area (Å²) < 4.78 is 0. The van der Waals surface area contributed by atoms with Crippen molar-refractivity contribution in [2.75, 3.05) is 13.1 Å². The molecule has 1 aliphatic rings. The summed E-state index contributed by atoms with van der Waals surface area (Å²) in [6.07, 6.45) is 6.71. The maximum Gasteiger partial charge on any atom is 0.00109 e. The molecule has 1 rings (SSSR count). The van der Waals surface area contributed by atoms with E-state index in [-0.39, 0.29) is 0 Å². The molecule has 3 N–H and O–H groups in total. The van der Waals surface area contributed by atoms with Gasteiger partial charge in [-0.3, -0.25) is 0 Å². The third-order valence-corrected chi connectivity index (χ3v) is 2.44. The first-order valence-electron chi connectivity index (χ1n) is 5.25. The second-order valence-electron chi connectivity index (χ2n) is 4.10. The second-order valence-corrected chi connectivity index (χ2v) is 4.10. The molecule has 2 heteroatoms. The van der Waals surface area contributed by atoms with Crippen molar-refractivity contribution in [1.29, 1.82) is 0 Å². The van der Waals surface area contributed by atoms with E-state index in [9.17, 15) is 0 Å².